The van der Waals surface area contributed by atoms with Crippen molar-refractivity contribution in [1.82, 2.24) is 0 Å². The highest BCUT2D eigenvalue weighted by Crippen LogP contribution is 2.24. The Morgan fingerprint density at radius 1 is 0.900 bits per heavy atom. The lowest BCUT2D eigenvalue weighted by Crippen LogP contribution is -2.04. The van der Waals surface area contributed by atoms with Gasteiger partial charge in [0.05, 0.1) is 6.61 Å². The van der Waals surface area contributed by atoms with Gasteiger partial charge in [0.25, 0.3) is 0 Å². The molecule has 0 aliphatic carbocycles. The molecule has 1 unspecified atom stereocenters. The molecule has 20 heavy (non-hydrogen) atoms. The smallest absolute Gasteiger partial charge is 0.165 e. The summed E-state index contributed by atoms with van der Waals surface area (Å²) >= 11 is -1.31. The number of ether oxygens (including phenoxy) is 1. The Bertz CT molecular complexity index is 526. The van der Waals surface area contributed by atoms with Crippen LogP contribution in [0.5, 0.6) is 11.5 Å². The highest BCUT2D eigenvalue weighted by atomic mass is 32.2. The van der Waals surface area contributed by atoms with E-state index in [9.17, 15) is 4.55 Å². The fourth-order valence-corrected chi connectivity index (χ4v) is 2.62. The molecule has 0 fully saturated rings. The van der Waals surface area contributed by atoms with Crippen molar-refractivity contribution in [3.63, 3.8) is 0 Å². The van der Waals surface area contributed by atoms with Crippen LogP contribution < -0.4 is 9.62 Å². The zero-order valence-electron chi connectivity index (χ0n) is 10.6. The van der Waals surface area contributed by atoms with Crippen molar-refractivity contribution in [2.24, 2.45) is 0 Å². The molecule has 0 aliphatic heterocycles. The van der Waals surface area contributed by atoms with E-state index in [4.69, 9.17) is 15.1 Å². The van der Waals surface area contributed by atoms with Crippen LogP contribution in [-0.2, 0) is 11.2 Å². The third-order valence-corrected chi connectivity index (χ3v) is 3.94. The number of aliphatic hydroxyl groups excluding tert-OH is 1. The maximum absolute atomic E-state index is 12.3. The third-order valence-electron chi connectivity index (χ3n) is 2.54. The van der Waals surface area contributed by atoms with Crippen molar-refractivity contribution in [2.45, 2.75) is 9.79 Å². The van der Waals surface area contributed by atoms with Crippen LogP contribution in [0, 0.1) is 0 Å². The third kappa shape index (κ3) is 3.64. The summed E-state index contributed by atoms with van der Waals surface area (Å²) < 4.78 is 17.5. The second kappa shape index (κ2) is 7.16. The Balaban J connectivity index is 2.09. The molecule has 0 amide bonds. The standard InChI is InChI=1S/C14H14O5S/c15-9-10-18-11-1-5-13(6-2-11)20(17)14-7-3-12(19-16)4-8-14/h1-8,15-16H,9-10H2. The normalized spacial score (nSPS) is 11.9. The van der Waals surface area contributed by atoms with E-state index in [1.807, 2.05) is 0 Å². The molecule has 0 radical (unpaired) electrons. The summed E-state index contributed by atoms with van der Waals surface area (Å²) in [6.45, 7) is 0.179. The second-order valence-corrected chi connectivity index (χ2v) is 5.36. The lowest BCUT2D eigenvalue weighted by Gasteiger charge is -2.11. The first kappa shape index (κ1) is 14.7. The molecule has 1 atom stereocenters. The molecule has 2 N–H and O–H groups in total. The second-order valence-electron chi connectivity index (χ2n) is 3.87. The van der Waals surface area contributed by atoms with Gasteiger partial charge in [-0.1, -0.05) is 0 Å². The summed E-state index contributed by atoms with van der Waals surface area (Å²) in [7, 11) is 0. The SMILES string of the molecule is [O-][S+](c1ccc(OO)cc1)c1ccc(OCCO)cc1. The van der Waals surface area contributed by atoms with E-state index in [0.29, 0.717) is 21.3 Å². The topological polar surface area (TPSA) is 82.0 Å². The molecule has 0 bridgehead atoms. The minimum Gasteiger partial charge on any atom is -0.606 e. The molecule has 0 saturated heterocycles. The van der Waals surface area contributed by atoms with Crippen molar-refractivity contribution in [2.75, 3.05) is 13.2 Å². The summed E-state index contributed by atoms with van der Waals surface area (Å²) in [6, 6.07) is 13.1. The first-order chi connectivity index (χ1) is 9.74. The van der Waals surface area contributed by atoms with E-state index < -0.39 is 11.2 Å². The highest BCUT2D eigenvalue weighted by molar-refractivity contribution is 7.91. The maximum atomic E-state index is 12.3. The largest absolute Gasteiger partial charge is 0.606 e. The van der Waals surface area contributed by atoms with Crippen molar-refractivity contribution >= 4 is 11.2 Å². The van der Waals surface area contributed by atoms with Crippen molar-refractivity contribution in [1.29, 1.82) is 0 Å². The zero-order valence-corrected chi connectivity index (χ0v) is 11.4. The molecule has 0 aliphatic rings. The molecular formula is C14H14O5S. The summed E-state index contributed by atoms with van der Waals surface area (Å²) in [5, 5.41) is 17.1. The molecule has 106 valence electrons. The molecule has 0 aromatic heterocycles. The van der Waals surface area contributed by atoms with Crippen LogP contribution in [0.2, 0.25) is 0 Å². The van der Waals surface area contributed by atoms with Crippen LogP contribution in [0.1, 0.15) is 0 Å². The summed E-state index contributed by atoms with van der Waals surface area (Å²) in [6.07, 6.45) is 0. The highest BCUT2D eigenvalue weighted by Gasteiger charge is 2.14. The van der Waals surface area contributed by atoms with E-state index in [2.05, 4.69) is 4.89 Å². The number of hydrogen-bond acceptors (Lipinski definition) is 5. The maximum Gasteiger partial charge on any atom is 0.165 e. The average Bonchev–Trinajstić information content (AvgIpc) is 2.53. The van der Waals surface area contributed by atoms with Crippen LogP contribution in [0.3, 0.4) is 0 Å². The van der Waals surface area contributed by atoms with Gasteiger partial charge >= 0.3 is 0 Å². The Morgan fingerprint density at radius 3 is 1.85 bits per heavy atom. The molecule has 5 nitrogen and oxygen atoms in total. The fourth-order valence-electron chi connectivity index (χ4n) is 1.58. The first-order valence-electron chi connectivity index (χ1n) is 5.91. The van der Waals surface area contributed by atoms with Crippen molar-refractivity contribution < 1.29 is 24.5 Å². The van der Waals surface area contributed by atoms with Gasteiger partial charge in [-0.3, -0.25) is 0 Å². The number of aliphatic hydroxyl groups is 1. The zero-order chi connectivity index (χ0) is 14.4. The monoisotopic (exact) mass is 294 g/mol. The van der Waals surface area contributed by atoms with Gasteiger partial charge < -0.3 is 19.3 Å². The summed E-state index contributed by atoms with van der Waals surface area (Å²) in [5.41, 5.74) is 0. The molecule has 0 saturated carbocycles. The number of hydrogen-bond donors (Lipinski definition) is 2. The van der Waals surface area contributed by atoms with Gasteiger partial charge in [-0.05, 0) is 48.5 Å². The van der Waals surface area contributed by atoms with E-state index in [0.717, 1.165) is 0 Å². The van der Waals surface area contributed by atoms with Gasteiger partial charge in [0.2, 0.25) is 0 Å². The lowest BCUT2D eigenvalue weighted by atomic mass is 10.3. The molecular weight excluding hydrogens is 280 g/mol. The van der Waals surface area contributed by atoms with Gasteiger partial charge in [0.1, 0.15) is 12.4 Å². The van der Waals surface area contributed by atoms with Crippen molar-refractivity contribution in [3.8, 4) is 11.5 Å². The van der Waals surface area contributed by atoms with Crippen molar-refractivity contribution in [3.05, 3.63) is 48.5 Å². The van der Waals surface area contributed by atoms with Crippen LogP contribution >= 0.6 is 0 Å². The van der Waals surface area contributed by atoms with Crippen LogP contribution in [0.25, 0.3) is 0 Å². The Morgan fingerprint density at radius 2 is 1.40 bits per heavy atom. The molecule has 2 aromatic carbocycles. The molecule has 6 heteroatoms. The van der Waals surface area contributed by atoms with Crippen LogP contribution in [0.4, 0.5) is 0 Å². The predicted octanol–water partition coefficient (Wildman–Crippen LogP) is 2.08. The molecule has 2 aromatic rings. The minimum absolute atomic E-state index is 0.0487. The average molecular weight is 294 g/mol. The van der Waals surface area contributed by atoms with E-state index in [-0.39, 0.29) is 13.2 Å². The predicted molar refractivity (Wildman–Crippen MR) is 73.4 cm³/mol. The lowest BCUT2D eigenvalue weighted by molar-refractivity contribution is -0.137. The van der Waals surface area contributed by atoms with E-state index >= 15 is 0 Å². The Hall–Kier alpha value is -1.73. The number of rotatable bonds is 6. The van der Waals surface area contributed by atoms with Crippen LogP contribution in [0.15, 0.2) is 58.3 Å². The number of benzene rings is 2. The molecule has 0 spiro atoms. The van der Waals surface area contributed by atoms with Crippen LogP contribution in [-0.4, -0.2) is 28.1 Å². The first-order valence-corrected chi connectivity index (χ1v) is 7.06. The van der Waals surface area contributed by atoms with Gasteiger partial charge in [-0.2, -0.15) is 0 Å². The molecule has 2 rings (SSSR count). The van der Waals surface area contributed by atoms with E-state index in [1.54, 1.807) is 36.4 Å². The Labute approximate surface area is 119 Å². The summed E-state index contributed by atoms with van der Waals surface area (Å²) in [5.74, 6) is 0.905. The van der Waals surface area contributed by atoms with Gasteiger partial charge in [-0.25, -0.2) is 5.26 Å². The van der Waals surface area contributed by atoms with Gasteiger partial charge in [0, 0.05) is 11.2 Å². The van der Waals surface area contributed by atoms with E-state index in [1.165, 1.54) is 12.1 Å². The minimum atomic E-state index is -1.31. The fraction of sp³-hybridized carbons (Fsp3) is 0.143. The Kier molecular flexibility index (Phi) is 5.25. The molecule has 0 heterocycles. The van der Waals surface area contributed by atoms with Gasteiger partial charge in [-0.15, -0.1) is 0 Å². The summed E-state index contributed by atoms with van der Waals surface area (Å²) in [4.78, 5) is 5.32. The quantitative estimate of drug-likeness (QED) is 0.484. The van der Waals surface area contributed by atoms with Gasteiger partial charge in [0.15, 0.2) is 15.5 Å².